The number of carbonyl (C=O) groups is 2. The van der Waals surface area contributed by atoms with Gasteiger partial charge in [0.15, 0.2) is 0 Å². The number of hydrogen-bond donors (Lipinski definition) is 2. The number of carbonyl (C=O) groups excluding carboxylic acids is 1. The number of benzene rings is 1. The highest BCUT2D eigenvalue weighted by Gasteiger charge is 2.41. The number of rotatable bonds is 4. The fourth-order valence-corrected chi connectivity index (χ4v) is 2.03. The zero-order valence-electron chi connectivity index (χ0n) is 9.43. The van der Waals surface area contributed by atoms with Crippen LogP contribution >= 0.6 is 0 Å². The summed E-state index contributed by atoms with van der Waals surface area (Å²) in [7, 11) is 0. The third-order valence-electron chi connectivity index (χ3n) is 3.24. The molecule has 4 heteroatoms. The molecule has 1 aromatic rings. The van der Waals surface area contributed by atoms with Crippen molar-refractivity contribution in [3.63, 3.8) is 0 Å². The van der Waals surface area contributed by atoms with Crippen molar-refractivity contribution in [2.24, 2.45) is 11.8 Å². The largest absolute Gasteiger partial charge is 0.481 e. The van der Waals surface area contributed by atoms with E-state index in [1.54, 1.807) is 0 Å². The Morgan fingerprint density at radius 1 is 1.18 bits per heavy atom. The minimum atomic E-state index is -0.865. The van der Waals surface area contributed by atoms with E-state index in [1.165, 1.54) is 0 Å². The van der Waals surface area contributed by atoms with Crippen molar-refractivity contribution >= 4 is 11.9 Å². The molecule has 0 bridgehead atoms. The van der Waals surface area contributed by atoms with Gasteiger partial charge in [0.25, 0.3) is 0 Å². The quantitative estimate of drug-likeness (QED) is 0.826. The second-order valence-electron chi connectivity index (χ2n) is 4.33. The number of hydrogen-bond acceptors (Lipinski definition) is 2. The van der Waals surface area contributed by atoms with Gasteiger partial charge in [0, 0.05) is 6.54 Å². The maximum Gasteiger partial charge on any atom is 0.307 e. The Bertz CT molecular complexity index is 416. The molecule has 17 heavy (non-hydrogen) atoms. The summed E-state index contributed by atoms with van der Waals surface area (Å²) in [5.41, 5.74) is 1.02. The average Bonchev–Trinajstić information content (AvgIpc) is 2.25. The van der Waals surface area contributed by atoms with E-state index in [4.69, 9.17) is 5.11 Å². The first-order valence-electron chi connectivity index (χ1n) is 5.73. The Kier molecular flexibility index (Phi) is 3.42. The molecular weight excluding hydrogens is 218 g/mol. The molecule has 2 unspecified atom stereocenters. The molecule has 0 heterocycles. The van der Waals surface area contributed by atoms with Crippen LogP contribution in [0.25, 0.3) is 0 Å². The summed E-state index contributed by atoms with van der Waals surface area (Å²) in [6.45, 7) is 0.461. The normalized spacial score (nSPS) is 22.6. The number of carboxylic acids is 1. The van der Waals surface area contributed by atoms with Crippen LogP contribution in [0.4, 0.5) is 0 Å². The summed E-state index contributed by atoms with van der Waals surface area (Å²) in [5.74, 6) is -1.86. The molecule has 1 aromatic carbocycles. The van der Waals surface area contributed by atoms with Crippen molar-refractivity contribution in [2.75, 3.05) is 0 Å². The Balaban J connectivity index is 1.84. The van der Waals surface area contributed by atoms with E-state index in [-0.39, 0.29) is 11.8 Å². The summed E-state index contributed by atoms with van der Waals surface area (Å²) in [4.78, 5) is 22.5. The lowest BCUT2D eigenvalue weighted by Gasteiger charge is -2.31. The summed E-state index contributed by atoms with van der Waals surface area (Å²) in [6, 6.07) is 9.58. The van der Waals surface area contributed by atoms with E-state index in [2.05, 4.69) is 5.32 Å². The van der Waals surface area contributed by atoms with Crippen LogP contribution in [0.15, 0.2) is 30.3 Å². The first-order chi connectivity index (χ1) is 8.18. The predicted molar refractivity (Wildman–Crippen MR) is 62.1 cm³/mol. The van der Waals surface area contributed by atoms with E-state index in [1.807, 2.05) is 30.3 Å². The summed E-state index contributed by atoms with van der Waals surface area (Å²) >= 11 is 0. The molecule has 0 aromatic heterocycles. The number of aliphatic carboxylic acids is 1. The van der Waals surface area contributed by atoms with E-state index in [0.717, 1.165) is 5.56 Å². The first-order valence-corrected chi connectivity index (χ1v) is 5.73. The van der Waals surface area contributed by atoms with Crippen LogP contribution in [0.5, 0.6) is 0 Å². The lowest BCUT2D eigenvalue weighted by molar-refractivity contribution is -0.152. The van der Waals surface area contributed by atoms with Gasteiger partial charge in [0.05, 0.1) is 11.8 Å². The molecule has 0 spiro atoms. The van der Waals surface area contributed by atoms with Gasteiger partial charge in [-0.25, -0.2) is 0 Å². The molecule has 2 N–H and O–H groups in total. The van der Waals surface area contributed by atoms with Gasteiger partial charge < -0.3 is 10.4 Å². The smallest absolute Gasteiger partial charge is 0.307 e. The molecule has 0 radical (unpaired) electrons. The molecule has 0 aliphatic heterocycles. The van der Waals surface area contributed by atoms with Crippen molar-refractivity contribution in [1.29, 1.82) is 0 Å². The zero-order valence-corrected chi connectivity index (χ0v) is 9.43. The number of nitrogens with one attached hydrogen (secondary N) is 1. The van der Waals surface area contributed by atoms with Crippen molar-refractivity contribution in [1.82, 2.24) is 5.32 Å². The molecule has 1 aliphatic rings. The first kappa shape index (κ1) is 11.6. The monoisotopic (exact) mass is 233 g/mol. The molecule has 1 fully saturated rings. The maximum absolute atomic E-state index is 11.7. The minimum absolute atomic E-state index is 0.146. The molecule has 1 amide bonds. The van der Waals surface area contributed by atoms with Crippen LogP contribution in [0.1, 0.15) is 18.4 Å². The average molecular weight is 233 g/mol. The van der Waals surface area contributed by atoms with Crippen LogP contribution in [0.3, 0.4) is 0 Å². The van der Waals surface area contributed by atoms with Crippen LogP contribution in [0, 0.1) is 11.8 Å². The summed E-state index contributed by atoms with van der Waals surface area (Å²) in [6.07, 6.45) is 1.29. The molecule has 0 saturated heterocycles. The van der Waals surface area contributed by atoms with E-state index >= 15 is 0 Å². The molecular formula is C13H15NO3. The second kappa shape index (κ2) is 4.99. The van der Waals surface area contributed by atoms with Crippen molar-refractivity contribution in [3.8, 4) is 0 Å². The van der Waals surface area contributed by atoms with Gasteiger partial charge in [-0.3, -0.25) is 9.59 Å². The van der Waals surface area contributed by atoms with E-state index in [9.17, 15) is 9.59 Å². The van der Waals surface area contributed by atoms with Crippen LogP contribution in [0.2, 0.25) is 0 Å². The molecule has 1 saturated carbocycles. The SMILES string of the molecule is O=C(O)C1CCC1C(=O)NCc1ccccc1. The maximum atomic E-state index is 11.7. The van der Waals surface area contributed by atoms with Gasteiger partial charge in [-0.15, -0.1) is 0 Å². The van der Waals surface area contributed by atoms with Gasteiger partial charge >= 0.3 is 5.97 Å². The van der Waals surface area contributed by atoms with Crippen molar-refractivity contribution in [3.05, 3.63) is 35.9 Å². The lowest BCUT2D eigenvalue weighted by atomic mass is 9.73. The number of carboxylic acid groups (broad SMARTS) is 1. The Labute approximate surface area is 99.6 Å². The fraction of sp³-hybridized carbons (Fsp3) is 0.385. The highest BCUT2D eigenvalue weighted by molar-refractivity contribution is 5.86. The molecule has 90 valence electrons. The zero-order chi connectivity index (χ0) is 12.3. The van der Waals surface area contributed by atoms with Crippen LogP contribution in [-0.2, 0) is 16.1 Å². The highest BCUT2D eigenvalue weighted by atomic mass is 16.4. The molecule has 2 rings (SSSR count). The topological polar surface area (TPSA) is 66.4 Å². The molecule has 1 aliphatic carbocycles. The standard InChI is InChI=1S/C13H15NO3/c15-12(10-6-7-11(10)13(16)17)14-8-9-4-2-1-3-5-9/h1-5,10-11H,6-8H2,(H,14,15)(H,16,17). The van der Waals surface area contributed by atoms with Crippen LogP contribution in [-0.4, -0.2) is 17.0 Å². The minimum Gasteiger partial charge on any atom is -0.481 e. The van der Waals surface area contributed by atoms with Crippen molar-refractivity contribution < 1.29 is 14.7 Å². The fourth-order valence-electron chi connectivity index (χ4n) is 2.03. The number of amides is 1. The van der Waals surface area contributed by atoms with Crippen LogP contribution < -0.4 is 5.32 Å². The second-order valence-corrected chi connectivity index (χ2v) is 4.33. The van der Waals surface area contributed by atoms with Gasteiger partial charge in [0.1, 0.15) is 0 Å². The summed E-state index contributed by atoms with van der Waals surface area (Å²) in [5, 5.41) is 11.6. The van der Waals surface area contributed by atoms with Gasteiger partial charge in [-0.2, -0.15) is 0 Å². The Morgan fingerprint density at radius 2 is 1.82 bits per heavy atom. The third-order valence-corrected chi connectivity index (χ3v) is 3.24. The van der Waals surface area contributed by atoms with Gasteiger partial charge in [-0.05, 0) is 18.4 Å². The van der Waals surface area contributed by atoms with Gasteiger partial charge in [-0.1, -0.05) is 30.3 Å². The lowest BCUT2D eigenvalue weighted by Crippen LogP contribution is -2.43. The predicted octanol–water partition coefficient (Wildman–Crippen LogP) is 1.41. The van der Waals surface area contributed by atoms with Crippen molar-refractivity contribution in [2.45, 2.75) is 19.4 Å². The Hall–Kier alpha value is -1.84. The summed E-state index contributed by atoms with van der Waals surface area (Å²) < 4.78 is 0. The van der Waals surface area contributed by atoms with E-state index < -0.39 is 11.9 Å². The molecule has 2 atom stereocenters. The Morgan fingerprint density at radius 3 is 2.35 bits per heavy atom. The highest BCUT2D eigenvalue weighted by Crippen LogP contribution is 2.34. The van der Waals surface area contributed by atoms with Gasteiger partial charge in [0.2, 0.25) is 5.91 Å². The third kappa shape index (κ3) is 2.64. The van der Waals surface area contributed by atoms with E-state index in [0.29, 0.717) is 19.4 Å². The molecule has 4 nitrogen and oxygen atoms in total.